The Kier molecular flexibility index (Phi) is 3.18. The molecule has 0 aliphatic heterocycles. The molecule has 1 aromatic carbocycles. The number of methoxy groups -OCH3 is 1. The molecule has 1 amide bonds. The van der Waals surface area contributed by atoms with Crippen LogP contribution >= 0.6 is 0 Å². The van der Waals surface area contributed by atoms with Gasteiger partial charge in [-0.05, 0) is 25.1 Å². The number of anilines is 1. The summed E-state index contributed by atoms with van der Waals surface area (Å²) in [4.78, 5) is 15.8. The highest BCUT2D eigenvalue weighted by atomic mass is 16.5. The number of phenolic OH excluding ortho intramolecular Hbond substituents is 1. The van der Waals surface area contributed by atoms with E-state index < -0.39 is 5.91 Å². The predicted octanol–water partition coefficient (Wildman–Crippen LogP) is 1.95. The third kappa shape index (κ3) is 2.42. The van der Waals surface area contributed by atoms with Crippen molar-refractivity contribution in [3.05, 3.63) is 35.7 Å². The van der Waals surface area contributed by atoms with Crippen molar-refractivity contribution in [1.82, 2.24) is 4.98 Å². The van der Waals surface area contributed by atoms with Crippen molar-refractivity contribution in [3.63, 3.8) is 0 Å². The second kappa shape index (κ2) is 4.79. The highest BCUT2D eigenvalue weighted by Gasteiger charge is 2.12. The van der Waals surface area contributed by atoms with Crippen molar-refractivity contribution < 1.29 is 19.1 Å². The largest absolute Gasteiger partial charge is 0.504 e. The van der Waals surface area contributed by atoms with E-state index in [1.165, 1.54) is 31.6 Å². The van der Waals surface area contributed by atoms with Gasteiger partial charge in [0.2, 0.25) is 0 Å². The summed E-state index contributed by atoms with van der Waals surface area (Å²) in [5.41, 5.74) is 0.951. The molecule has 6 heteroatoms. The van der Waals surface area contributed by atoms with Crippen LogP contribution in [0, 0.1) is 6.92 Å². The maximum Gasteiger partial charge on any atom is 0.301 e. The van der Waals surface area contributed by atoms with E-state index in [1.807, 2.05) is 0 Å². The summed E-state index contributed by atoms with van der Waals surface area (Å²) in [6.07, 6.45) is 1.43. The van der Waals surface area contributed by atoms with Crippen LogP contribution in [0.3, 0.4) is 0 Å². The predicted molar refractivity (Wildman–Crippen MR) is 63.9 cm³/mol. The number of ether oxygens (including phenoxy) is 1. The van der Waals surface area contributed by atoms with Gasteiger partial charge in [-0.3, -0.25) is 10.1 Å². The number of nitrogens with zero attached hydrogens (tertiary/aromatic N) is 1. The standard InChI is InChI=1S/C12H12N2O4/c1-7-6-18-12(13-7)14-11(16)8-3-4-10(17-2)9(15)5-8/h3-6,15H,1-2H3,(H,13,14,16). The molecule has 18 heavy (non-hydrogen) atoms. The smallest absolute Gasteiger partial charge is 0.301 e. The summed E-state index contributed by atoms with van der Waals surface area (Å²) in [7, 11) is 1.43. The van der Waals surface area contributed by atoms with Crippen molar-refractivity contribution >= 4 is 11.9 Å². The highest BCUT2D eigenvalue weighted by Crippen LogP contribution is 2.26. The molecule has 94 valence electrons. The van der Waals surface area contributed by atoms with E-state index in [0.29, 0.717) is 11.4 Å². The van der Waals surface area contributed by atoms with Gasteiger partial charge < -0.3 is 14.3 Å². The van der Waals surface area contributed by atoms with Gasteiger partial charge in [-0.15, -0.1) is 0 Å². The first kappa shape index (κ1) is 12.0. The molecule has 0 bridgehead atoms. The molecule has 0 aliphatic rings. The lowest BCUT2D eigenvalue weighted by molar-refractivity contribution is 0.102. The lowest BCUT2D eigenvalue weighted by atomic mass is 10.2. The quantitative estimate of drug-likeness (QED) is 0.867. The van der Waals surface area contributed by atoms with Crippen LogP contribution in [0.15, 0.2) is 28.9 Å². The Morgan fingerprint density at radius 1 is 1.50 bits per heavy atom. The summed E-state index contributed by atoms with van der Waals surface area (Å²) in [6, 6.07) is 4.46. The first-order valence-corrected chi connectivity index (χ1v) is 5.20. The molecule has 0 saturated carbocycles. The molecule has 1 aromatic heterocycles. The minimum atomic E-state index is -0.421. The zero-order valence-corrected chi connectivity index (χ0v) is 9.93. The first-order chi connectivity index (χ1) is 8.60. The third-order valence-electron chi connectivity index (χ3n) is 2.28. The number of rotatable bonds is 3. The summed E-state index contributed by atoms with van der Waals surface area (Å²) >= 11 is 0. The minimum Gasteiger partial charge on any atom is -0.504 e. The van der Waals surface area contributed by atoms with Gasteiger partial charge in [0.05, 0.1) is 12.8 Å². The van der Waals surface area contributed by atoms with Crippen molar-refractivity contribution in [1.29, 1.82) is 0 Å². The number of carbonyl (C=O) groups excluding carboxylic acids is 1. The summed E-state index contributed by atoms with van der Waals surface area (Å²) < 4.78 is 9.89. The molecule has 2 aromatic rings. The fraction of sp³-hybridized carbons (Fsp3) is 0.167. The number of hydrogen-bond donors (Lipinski definition) is 2. The van der Waals surface area contributed by atoms with E-state index in [2.05, 4.69) is 10.3 Å². The number of hydrogen-bond acceptors (Lipinski definition) is 5. The Bertz CT molecular complexity index is 577. The van der Waals surface area contributed by atoms with Gasteiger partial charge in [0, 0.05) is 5.56 Å². The third-order valence-corrected chi connectivity index (χ3v) is 2.28. The van der Waals surface area contributed by atoms with E-state index in [0.717, 1.165) is 0 Å². The zero-order chi connectivity index (χ0) is 13.1. The number of oxazole rings is 1. The number of benzene rings is 1. The molecule has 2 rings (SSSR count). The molecule has 0 aliphatic carbocycles. The van der Waals surface area contributed by atoms with E-state index in [4.69, 9.17) is 9.15 Å². The van der Waals surface area contributed by atoms with Gasteiger partial charge >= 0.3 is 6.01 Å². The van der Waals surface area contributed by atoms with Gasteiger partial charge in [-0.25, -0.2) is 0 Å². The maximum atomic E-state index is 11.8. The number of amides is 1. The molecule has 0 spiro atoms. The van der Waals surface area contributed by atoms with Crippen LogP contribution in [0.5, 0.6) is 11.5 Å². The van der Waals surface area contributed by atoms with Gasteiger partial charge in [0.15, 0.2) is 11.5 Å². The summed E-state index contributed by atoms with van der Waals surface area (Å²) in [5, 5.41) is 12.0. The lowest BCUT2D eigenvalue weighted by Gasteiger charge is -2.05. The van der Waals surface area contributed by atoms with Gasteiger partial charge in [-0.1, -0.05) is 0 Å². The van der Waals surface area contributed by atoms with Gasteiger partial charge in [0.25, 0.3) is 5.91 Å². The van der Waals surface area contributed by atoms with Crippen molar-refractivity contribution in [2.45, 2.75) is 6.92 Å². The van der Waals surface area contributed by atoms with E-state index in [-0.39, 0.29) is 17.3 Å². The lowest BCUT2D eigenvalue weighted by Crippen LogP contribution is -2.12. The van der Waals surface area contributed by atoms with Gasteiger partial charge in [-0.2, -0.15) is 4.98 Å². The van der Waals surface area contributed by atoms with Crippen molar-refractivity contribution in [2.24, 2.45) is 0 Å². The van der Waals surface area contributed by atoms with Crippen LogP contribution in [0.2, 0.25) is 0 Å². The van der Waals surface area contributed by atoms with E-state index >= 15 is 0 Å². The van der Waals surface area contributed by atoms with Crippen LogP contribution in [-0.4, -0.2) is 23.1 Å². The molecule has 1 heterocycles. The van der Waals surface area contributed by atoms with Crippen molar-refractivity contribution in [3.8, 4) is 11.5 Å². The molecule has 0 fully saturated rings. The average molecular weight is 248 g/mol. The second-order valence-electron chi connectivity index (χ2n) is 3.63. The fourth-order valence-corrected chi connectivity index (χ4v) is 1.41. The number of aromatic nitrogens is 1. The second-order valence-corrected chi connectivity index (χ2v) is 3.63. The van der Waals surface area contributed by atoms with Crippen LogP contribution in [0.1, 0.15) is 16.1 Å². The van der Waals surface area contributed by atoms with Crippen LogP contribution in [0.25, 0.3) is 0 Å². The highest BCUT2D eigenvalue weighted by molar-refractivity contribution is 6.03. The maximum absolute atomic E-state index is 11.8. The number of aromatic hydroxyl groups is 1. The van der Waals surface area contributed by atoms with Crippen LogP contribution < -0.4 is 10.1 Å². The molecule has 2 N–H and O–H groups in total. The first-order valence-electron chi connectivity index (χ1n) is 5.20. The molecular formula is C12H12N2O4. The normalized spacial score (nSPS) is 10.1. The average Bonchev–Trinajstić information content (AvgIpc) is 2.74. The fourth-order valence-electron chi connectivity index (χ4n) is 1.41. The zero-order valence-electron chi connectivity index (χ0n) is 9.93. The number of carbonyl (C=O) groups is 1. The molecular weight excluding hydrogens is 236 g/mol. The monoisotopic (exact) mass is 248 g/mol. The number of phenols is 1. The Labute approximate surface area is 103 Å². The SMILES string of the molecule is COc1ccc(C(=O)Nc2nc(C)co2)cc1O. The molecule has 0 unspecified atom stereocenters. The topological polar surface area (TPSA) is 84.6 Å². The number of aryl methyl sites for hydroxylation is 1. The molecule has 0 saturated heterocycles. The van der Waals surface area contributed by atoms with Gasteiger partial charge in [0.1, 0.15) is 6.26 Å². The molecule has 6 nitrogen and oxygen atoms in total. The van der Waals surface area contributed by atoms with Crippen molar-refractivity contribution in [2.75, 3.05) is 12.4 Å². The Morgan fingerprint density at radius 3 is 2.83 bits per heavy atom. The summed E-state index contributed by atoms with van der Waals surface area (Å²) in [5.74, 6) is -0.220. The van der Waals surface area contributed by atoms with E-state index in [9.17, 15) is 9.90 Å². The van der Waals surface area contributed by atoms with Crippen LogP contribution in [-0.2, 0) is 0 Å². The van der Waals surface area contributed by atoms with E-state index in [1.54, 1.807) is 6.92 Å². The number of nitrogens with one attached hydrogen (secondary N) is 1. The molecule has 0 radical (unpaired) electrons. The Balaban J connectivity index is 2.16. The van der Waals surface area contributed by atoms with Crippen LogP contribution in [0.4, 0.5) is 6.01 Å². The Morgan fingerprint density at radius 2 is 2.28 bits per heavy atom. The summed E-state index contributed by atoms with van der Waals surface area (Å²) in [6.45, 7) is 1.75. The molecule has 0 atom stereocenters. The Hall–Kier alpha value is -2.50. The minimum absolute atomic E-state index is 0.103.